The van der Waals surface area contributed by atoms with Gasteiger partial charge in [0, 0.05) is 12.1 Å². The van der Waals surface area contributed by atoms with Crippen LogP contribution in [0.4, 0.5) is 16.0 Å². The minimum atomic E-state index is -0.145. The van der Waals surface area contributed by atoms with Crippen molar-refractivity contribution in [2.24, 2.45) is 0 Å². The zero-order chi connectivity index (χ0) is 15.6. The van der Waals surface area contributed by atoms with Gasteiger partial charge in [-0.3, -0.25) is 0 Å². The van der Waals surface area contributed by atoms with Crippen molar-refractivity contribution in [1.29, 1.82) is 0 Å². The Bertz CT molecular complexity index is 630. The summed E-state index contributed by atoms with van der Waals surface area (Å²) in [5.41, 5.74) is 9.14. The summed E-state index contributed by atoms with van der Waals surface area (Å²) in [6.07, 6.45) is 1.45. The van der Waals surface area contributed by atoms with Crippen LogP contribution in [0.15, 0.2) is 18.5 Å². The normalized spacial score (nSPS) is 11.0. The number of aryl methyl sites for hydroxylation is 2. The van der Waals surface area contributed by atoms with Gasteiger partial charge in [0.1, 0.15) is 23.8 Å². The van der Waals surface area contributed by atoms with Crippen molar-refractivity contribution in [3.63, 3.8) is 0 Å². The lowest BCUT2D eigenvalue weighted by molar-refractivity contribution is 0.608. The molecule has 0 fully saturated rings. The van der Waals surface area contributed by atoms with E-state index in [9.17, 15) is 4.39 Å². The van der Waals surface area contributed by atoms with E-state index in [1.807, 2.05) is 26.0 Å². The average Bonchev–Trinajstić information content (AvgIpc) is 2.41. The van der Waals surface area contributed by atoms with Crippen LogP contribution in [-0.4, -0.2) is 9.97 Å². The van der Waals surface area contributed by atoms with E-state index in [-0.39, 0.29) is 11.7 Å². The minimum absolute atomic E-state index is 0.145. The molecule has 2 rings (SSSR count). The van der Waals surface area contributed by atoms with Gasteiger partial charge in [-0.25, -0.2) is 14.4 Å². The monoisotopic (exact) mass is 288 g/mol. The van der Waals surface area contributed by atoms with Crippen molar-refractivity contribution < 1.29 is 4.39 Å². The van der Waals surface area contributed by atoms with Gasteiger partial charge in [0.2, 0.25) is 0 Å². The van der Waals surface area contributed by atoms with E-state index in [0.717, 1.165) is 16.9 Å². The summed E-state index contributed by atoms with van der Waals surface area (Å²) in [6, 6.07) is 3.68. The first kappa shape index (κ1) is 15.2. The number of hydrogen-bond donors (Lipinski definition) is 2. The van der Waals surface area contributed by atoms with Crippen LogP contribution in [0.1, 0.15) is 42.0 Å². The van der Waals surface area contributed by atoms with E-state index >= 15 is 0 Å². The molecule has 0 radical (unpaired) electrons. The standard InChI is InChI=1S/C16H21FN4/c1-9(2)13-15(18)20-8-21-16(13)19-7-12-5-10(3)14(17)11(4)6-12/h5-6,8-9H,7H2,1-4H3,(H3,18,19,20,21). The van der Waals surface area contributed by atoms with Crippen molar-refractivity contribution >= 4 is 11.6 Å². The molecule has 1 aromatic carbocycles. The van der Waals surface area contributed by atoms with E-state index in [1.54, 1.807) is 13.8 Å². The number of anilines is 2. The molecule has 0 aliphatic heterocycles. The Morgan fingerprint density at radius 1 is 1.19 bits per heavy atom. The molecule has 21 heavy (non-hydrogen) atoms. The first-order valence-electron chi connectivity index (χ1n) is 7.00. The Morgan fingerprint density at radius 2 is 1.81 bits per heavy atom. The molecule has 0 aliphatic carbocycles. The van der Waals surface area contributed by atoms with Crippen molar-refractivity contribution in [2.45, 2.75) is 40.2 Å². The summed E-state index contributed by atoms with van der Waals surface area (Å²) in [5.74, 6) is 1.31. The highest BCUT2D eigenvalue weighted by atomic mass is 19.1. The smallest absolute Gasteiger partial charge is 0.135 e. The maximum absolute atomic E-state index is 13.6. The van der Waals surface area contributed by atoms with Crippen LogP contribution >= 0.6 is 0 Å². The Morgan fingerprint density at radius 3 is 2.38 bits per heavy atom. The third-order valence-electron chi connectivity index (χ3n) is 3.45. The van der Waals surface area contributed by atoms with Crippen molar-refractivity contribution in [2.75, 3.05) is 11.1 Å². The fourth-order valence-corrected chi connectivity index (χ4v) is 2.44. The molecule has 5 heteroatoms. The predicted octanol–water partition coefficient (Wildman–Crippen LogP) is 3.55. The molecule has 0 amide bonds. The summed E-state index contributed by atoms with van der Waals surface area (Å²) in [6.45, 7) is 8.21. The minimum Gasteiger partial charge on any atom is -0.383 e. The summed E-state index contributed by atoms with van der Waals surface area (Å²) >= 11 is 0. The number of nitrogens with one attached hydrogen (secondary N) is 1. The highest BCUT2D eigenvalue weighted by Crippen LogP contribution is 2.26. The molecule has 0 atom stereocenters. The van der Waals surface area contributed by atoms with Gasteiger partial charge in [0.15, 0.2) is 0 Å². The van der Waals surface area contributed by atoms with Crippen molar-refractivity contribution in [1.82, 2.24) is 9.97 Å². The molecule has 3 N–H and O–H groups in total. The van der Waals surface area contributed by atoms with Crippen LogP contribution in [0.3, 0.4) is 0 Å². The third kappa shape index (κ3) is 3.29. The Kier molecular flexibility index (Phi) is 4.40. The Hall–Kier alpha value is -2.17. The molecule has 112 valence electrons. The Labute approximate surface area is 124 Å². The maximum atomic E-state index is 13.6. The zero-order valence-electron chi connectivity index (χ0n) is 12.9. The molecule has 0 saturated carbocycles. The summed E-state index contributed by atoms with van der Waals surface area (Å²) in [4.78, 5) is 8.29. The second kappa shape index (κ2) is 6.08. The molecular formula is C16H21FN4. The third-order valence-corrected chi connectivity index (χ3v) is 3.45. The van der Waals surface area contributed by atoms with Gasteiger partial charge in [-0.05, 0) is 36.5 Å². The van der Waals surface area contributed by atoms with Crippen LogP contribution in [0.5, 0.6) is 0 Å². The molecule has 1 heterocycles. The molecule has 0 spiro atoms. The van der Waals surface area contributed by atoms with Gasteiger partial charge in [0.05, 0.1) is 0 Å². The van der Waals surface area contributed by atoms with E-state index in [1.165, 1.54) is 6.33 Å². The van der Waals surface area contributed by atoms with Crippen LogP contribution < -0.4 is 11.1 Å². The second-order valence-electron chi connectivity index (χ2n) is 5.57. The number of nitrogens with two attached hydrogens (primary N) is 1. The number of halogens is 1. The largest absolute Gasteiger partial charge is 0.383 e. The maximum Gasteiger partial charge on any atom is 0.135 e. The molecule has 0 saturated heterocycles. The van der Waals surface area contributed by atoms with E-state index in [4.69, 9.17) is 5.73 Å². The summed E-state index contributed by atoms with van der Waals surface area (Å²) in [5, 5.41) is 3.27. The highest BCUT2D eigenvalue weighted by molar-refractivity contribution is 5.56. The highest BCUT2D eigenvalue weighted by Gasteiger charge is 2.13. The molecular weight excluding hydrogens is 267 g/mol. The number of benzene rings is 1. The molecule has 2 aromatic rings. The fraction of sp³-hybridized carbons (Fsp3) is 0.375. The van der Waals surface area contributed by atoms with Gasteiger partial charge in [-0.15, -0.1) is 0 Å². The van der Waals surface area contributed by atoms with Gasteiger partial charge in [-0.1, -0.05) is 26.0 Å². The molecule has 0 bridgehead atoms. The Balaban J connectivity index is 2.23. The van der Waals surface area contributed by atoms with E-state index in [2.05, 4.69) is 15.3 Å². The van der Waals surface area contributed by atoms with Gasteiger partial charge in [0.25, 0.3) is 0 Å². The SMILES string of the molecule is Cc1cc(CNc2ncnc(N)c2C(C)C)cc(C)c1F. The first-order chi connectivity index (χ1) is 9.90. The lowest BCUT2D eigenvalue weighted by Crippen LogP contribution is -2.10. The van der Waals surface area contributed by atoms with Crippen LogP contribution in [0.2, 0.25) is 0 Å². The topological polar surface area (TPSA) is 63.8 Å². The average molecular weight is 288 g/mol. The van der Waals surface area contributed by atoms with Gasteiger partial charge in [-0.2, -0.15) is 0 Å². The fourth-order valence-electron chi connectivity index (χ4n) is 2.44. The number of nitrogen functional groups attached to an aromatic ring is 1. The van der Waals surface area contributed by atoms with Gasteiger partial charge < -0.3 is 11.1 Å². The van der Waals surface area contributed by atoms with Crippen LogP contribution in [0.25, 0.3) is 0 Å². The van der Waals surface area contributed by atoms with Crippen LogP contribution in [0, 0.1) is 19.7 Å². The lowest BCUT2D eigenvalue weighted by atomic mass is 10.0. The zero-order valence-corrected chi connectivity index (χ0v) is 12.9. The summed E-state index contributed by atoms with van der Waals surface area (Å²) in [7, 11) is 0. The van der Waals surface area contributed by atoms with Crippen LogP contribution in [-0.2, 0) is 6.54 Å². The first-order valence-corrected chi connectivity index (χ1v) is 7.00. The lowest BCUT2D eigenvalue weighted by Gasteiger charge is -2.15. The van der Waals surface area contributed by atoms with Crippen molar-refractivity contribution in [3.8, 4) is 0 Å². The summed E-state index contributed by atoms with van der Waals surface area (Å²) < 4.78 is 13.6. The number of nitrogens with zero attached hydrogens (tertiary/aromatic N) is 2. The molecule has 0 unspecified atom stereocenters. The van der Waals surface area contributed by atoms with Crippen molar-refractivity contribution in [3.05, 3.63) is 46.5 Å². The molecule has 4 nitrogen and oxygen atoms in total. The predicted molar refractivity (Wildman–Crippen MR) is 83.7 cm³/mol. The molecule has 1 aromatic heterocycles. The van der Waals surface area contributed by atoms with Gasteiger partial charge >= 0.3 is 0 Å². The van der Waals surface area contributed by atoms with E-state index in [0.29, 0.717) is 23.5 Å². The number of rotatable bonds is 4. The quantitative estimate of drug-likeness (QED) is 0.903. The number of aromatic nitrogens is 2. The number of hydrogen-bond acceptors (Lipinski definition) is 4. The van der Waals surface area contributed by atoms with E-state index < -0.39 is 0 Å². The molecule has 0 aliphatic rings. The second-order valence-corrected chi connectivity index (χ2v) is 5.57.